The van der Waals surface area contributed by atoms with Crippen LogP contribution in [0.4, 0.5) is 18.9 Å². The summed E-state index contributed by atoms with van der Waals surface area (Å²) < 4.78 is 47.2. The molecular weight excluding hydrogens is 395 g/mol. The Morgan fingerprint density at radius 1 is 1.10 bits per heavy atom. The van der Waals surface area contributed by atoms with Crippen molar-refractivity contribution in [2.24, 2.45) is 16.1 Å². The Hall–Kier alpha value is -2.85. The van der Waals surface area contributed by atoms with Gasteiger partial charge in [-0.25, -0.2) is 8.78 Å². The number of esters is 1. The minimum Gasteiger partial charge on any atom is -0.465 e. The average molecular weight is 417 g/mol. The normalized spacial score (nSPS) is 12.2. The van der Waals surface area contributed by atoms with E-state index in [0.717, 1.165) is 13.3 Å². The van der Waals surface area contributed by atoms with Gasteiger partial charge in [0.2, 0.25) is 5.82 Å². The molecule has 0 saturated heterocycles. The molecule has 0 N–H and O–H groups in total. The van der Waals surface area contributed by atoms with Crippen molar-refractivity contribution in [1.82, 2.24) is 0 Å². The van der Waals surface area contributed by atoms with Crippen LogP contribution in [-0.2, 0) is 9.53 Å². The van der Waals surface area contributed by atoms with Crippen LogP contribution in [0.25, 0.3) is 0 Å². The fourth-order valence-electron chi connectivity index (χ4n) is 2.34. The molecule has 0 aliphatic carbocycles. The Labute approximate surface area is 165 Å². The molecule has 0 aliphatic rings. The first kappa shape index (κ1) is 24.2. The number of halogens is 3. The summed E-state index contributed by atoms with van der Waals surface area (Å²) in [6.45, 7) is 4.12. The van der Waals surface area contributed by atoms with Crippen LogP contribution in [0.5, 0.6) is 0 Å². The summed E-state index contributed by atoms with van der Waals surface area (Å²) in [5.41, 5.74) is -3.91. The number of rotatable bonds is 11. The molecule has 0 aliphatic heterocycles. The van der Waals surface area contributed by atoms with Gasteiger partial charge in [0, 0.05) is 5.56 Å². The van der Waals surface area contributed by atoms with Gasteiger partial charge in [-0.05, 0) is 19.8 Å². The van der Waals surface area contributed by atoms with E-state index >= 15 is 0 Å². The quantitative estimate of drug-likeness (QED) is 0.0778. The van der Waals surface area contributed by atoms with Crippen LogP contribution >= 0.6 is 0 Å². The summed E-state index contributed by atoms with van der Waals surface area (Å²) in [4.78, 5) is 34.8. The van der Waals surface area contributed by atoms with Gasteiger partial charge in [0.05, 0.1) is 24.6 Å². The minimum absolute atomic E-state index is 0.0586. The van der Waals surface area contributed by atoms with E-state index in [9.17, 15) is 32.9 Å². The van der Waals surface area contributed by atoms with E-state index in [0.29, 0.717) is 19.4 Å². The molecular formula is C18H22F3N3O5. The third-order valence-electron chi connectivity index (χ3n) is 3.97. The number of ketones is 1. The second-order valence-electron chi connectivity index (χ2n) is 6.17. The second kappa shape index (κ2) is 11.2. The zero-order valence-electron chi connectivity index (χ0n) is 16.3. The second-order valence-corrected chi connectivity index (χ2v) is 6.17. The zero-order chi connectivity index (χ0) is 22.1. The molecule has 8 nitrogen and oxygen atoms in total. The molecule has 0 heterocycles. The third-order valence-corrected chi connectivity index (χ3v) is 3.97. The van der Waals surface area contributed by atoms with Gasteiger partial charge in [-0.2, -0.15) is 14.6 Å². The molecule has 0 aromatic heterocycles. The largest absolute Gasteiger partial charge is 0.465 e. The van der Waals surface area contributed by atoms with Gasteiger partial charge in [0.15, 0.2) is 11.6 Å². The van der Waals surface area contributed by atoms with E-state index in [2.05, 4.69) is 10.2 Å². The number of nitrogens with zero attached hydrogens (tertiary/aromatic N) is 3. The van der Waals surface area contributed by atoms with E-state index in [-0.39, 0.29) is 6.61 Å². The molecule has 0 fully saturated rings. The van der Waals surface area contributed by atoms with Gasteiger partial charge >= 0.3 is 11.7 Å². The number of Topliss-reactive ketones (excluding diaryl/α,β-unsaturated/α-hetero) is 1. The summed E-state index contributed by atoms with van der Waals surface area (Å²) in [7, 11) is 0. The highest BCUT2D eigenvalue weighted by molar-refractivity contribution is 6.11. The maximum Gasteiger partial charge on any atom is 0.321 e. The summed E-state index contributed by atoms with van der Waals surface area (Å²) in [6, 6.07) is 0. The van der Waals surface area contributed by atoms with Crippen LogP contribution in [0.1, 0.15) is 49.0 Å². The smallest absolute Gasteiger partial charge is 0.321 e. The van der Waals surface area contributed by atoms with E-state index in [1.165, 1.54) is 0 Å². The van der Waals surface area contributed by atoms with Crippen LogP contribution in [0.15, 0.2) is 10.2 Å². The van der Waals surface area contributed by atoms with Crippen molar-refractivity contribution >= 4 is 17.4 Å². The lowest BCUT2D eigenvalue weighted by atomic mass is 9.94. The standard InChI is InChI=1S/C18H22F3N3O5/c1-4-6-7-22-23-9-11(18(26)29-8-5-2)17(25)12-13(19)10(3)14(20)15(21)16(12)24(27)28/h11H,4-9H2,1-3H3. The predicted octanol–water partition coefficient (Wildman–Crippen LogP) is 4.32. The molecule has 1 aromatic carbocycles. The van der Waals surface area contributed by atoms with E-state index in [1.807, 2.05) is 6.92 Å². The van der Waals surface area contributed by atoms with Gasteiger partial charge in [0.1, 0.15) is 17.3 Å². The van der Waals surface area contributed by atoms with Crippen LogP contribution in [0, 0.1) is 40.4 Å². The minimum atomic E-state index is -1.98. The highest BCUT2D eigenvalue weighted by Gasteiger charge is 2.40. The summed E-state index contributed by atoms with van der Waals surface area (Å²) >= 11 is 0. The molecule has 1 unspecified atom stereocenters. The van der Waals surface area contributed by atoms with Crippen molar-refractivity contribution in [3.05, 3.63) is 38.7 Å². The summed E-state index contributed by atoms with van der Waals surface area (Å²) in [6.07, 6.45) is 1.94. The highest BCUT2D eigenvalue weighted by Crippen LogP contribution is 2.32. The molecule has 1 atom stereocenters. The lowest BCUT2D eigenvalue weighted by molar-refractivity contribution is -0.388. The Bertz CT molecular complexity index is 815. The molecule has 29 heavy (non-hydrogen) atoms. The maximum atomic E-state index is 14.5. The van der Waals surface area contributed by atoms with E-state index in [1.54, 1.807) is 6.92 Å². The monoisotopic (exact) mass is 417 g/mol. The maximum absolute atomic E-state index is 14.5. The van der Waals surface area contributed by atoms with Crippen molar-refractivity contribution in [3.63, 3.8) is 0 Å². The molecule has 1 rings (SSSR count). The molecule has 0 saturated carbocycles. The number of ether oxygens (including phenoxy) is 1. The fraction of sp³-hybridized carbons (Fsp3) is 0.556. The first-order valence-corrected chi connectivity index (χ1v) is 9.04. The first-order valence-electron chi connectivity index (χ1n) is 9.04. The zero-order valence-corrected chi connectivity index (χ0v) is 16.3. The molecule has 0 spiro atoms. The van der Waals surface area contributed by atoms with Crippen molar-refractivity contribution in [2.45, 2.75) is 40.0 Å². The summed E-state index contributed by atoms with van der Waals surface area (Å²) in [5.74, 6) is -9.70. The van der Waals surface area contributed by atoms with Gasteiger partial charge in [-0.15, -0.1) is 0 Å². The summed E-state index contributed by atoms with van der Waals surface area (Å²) in [5, 5.41) is 18.6. The van der Waals surface area contributed by atoms with Crippen molar-refractivity contribution in [2.75, 3.05) is 19.7 Å². The molecule has 0 bridgehead atoms. The van der Waals surface area contributed by atoms with Crippen molar-refractivity contribution in [1.29, 1.82) is 0 Å². The van der Waals surface area contributed by atoms with E-state index < -0.39 is 63.4 Å². The predicted molar refractivity (Wildman–Crippen MR) is 96.3 cm³/mol. The number of nitro benzene ring substituents is 1. The number of hydrogen-bond donors (Lipinski definition) is 0. The molecule has 11 heteroatoms. The van der Waals surface area contributed by atoms with Crippen LogP contribution in [-0.4, -0.2) is 36.4 Å². The Kier molecular flexibility index (Phi) is 9.36. The number of nitro groups is 1. The molecule has 0 amide bonds. The lowest BCUT2D eigenvalue weighted by Gasteiger charge is -2.14. The molecule has 0 radical (unpaired) electrons. The molecule has 160 valence electrons. The Morgan fingerprint density at radius 2 is 1.76 bits per heavy atom. The number of benzene rings is 1. The van der Waals surface area contributed by atoms with Gasteiger partial charge < -0.3 is 4.74 Å². The highest BCUT2D eigenvalue weighted by atomic mass is 19.2. The fourth-order valence-corrected chi connectivity index (χ4v) is 2.34. The van der Waals surface area contributed by atoms with Crippen LogP contribution in [0.2, 0.25) is 0 Å². The topological polar surface area (TPSA) is 111 Å². The average Bonchev–Trinajstić information content (AvgIpc) is 2.69. The van der Waals surface area contributed by atoms with Crippen molar-refractivity contribution in [3.8, 4) is 0 Å². The molecule has 1 aromatic rings. The SMILES string of the molecule is CCCCN=NCC(C(=O)OCCC)C(=O)c1c(F)c(C)c(F)c(F)c1[N+](=O)[O-]. The van der Waals surface area contributed by atoms with Crippen molar-refractivity contribution < 1.29 is 32.4 Å². The lowest BCUT2D eigenvalue weighted by Crippen LogP contribution is -2.31. The number of unbranched alkanes of at least 4 members (excludes halogenated alkanes) is 1. The number of carbonyl (C=O) groups is 2. The van der Waals surface area contributed by atoms with Gasteiger partial charge in [-0.1, -0.05) is 20.3 Å². The third kappa shape index (κ3) is 5.81. The first-order chi connectivity index (χ1) is 13.7. The number of azo groups is 1. The van der Waals surface area contributed by atoms with Gasteiger partial charge in [0.25, 0.3) is 0 Å². The van der Waals surface area contributed by atoms with Crippen LogP contribution in [0.3, 0.4) is 0 Å². The van der Waals surface area contributed by atoms with E-state index in [4.69, 9.17) is 4.74 Å². The number of hydrogen-bond acceptors (Lipinski definition) is 7. The Morgan fingerprint density at radius 3 is 2.31 bits per heavy atom. The van der Waals surface area contributed by atoms with Gasteiger partial charge in [-0.3, -0.25) is 19.7 Å². The Balaban J connectivity index is 3.43. The number of carbonyl (C=O) groups excluding carboxylic acids is 2. The van der Waals surface area contributed by atoms with Crippen LogP contribution < -0.4 is 0 Å².